The van der Waals surface area contributed by atoms with Crippen molar-refractivity contribution in [3.63, 3.8) is 0 Å². The standard InChI is InChI=1S/C18H21ClN4O3/c1-25-15-9-14(16(26-2)8-13(15)19)22-17(24)12-10-20-18(21-11-12)23-6-4-3-5-7-23/h8-11H,3-7H2,1-2H3,(H,22,24). The van der Waals surface area contributed by atoms with Gasteiger partial charge in [-0.05, 0) is 19.3 Å². The van der Waals surface area contributed by atoms with Crippen LogP contribution >= 0.6 is 11.6 Å². The molecule has 138 valence electrons. The molecule has 0 saturated carbocycles. The van der Waals surface area contributed by atoms with Gasteiger partial charge in [-0.2, -0.15) is 0 Å². The Morgan fingerprint density at radius 3 is 2.35 bits per heavy atom. The molecule has 1 fully saturated rings. The van der Waals surface area contributed by atoms with Crippen molar-refractivity contribution in [2.75, 3.05) is 37.5 Å². The van der Waals surface area contributed by atoms with Gasteiger partial charge in [-0.1, -0.05) is 11.6 Å². The summed E-state index contributed by atoms with van der Waals surface area (Å²) in [4.78, 5) is 23.3. The summed E-state index contributed by atoms with van der Waals surface area (Å²) in [6, 6.07) is 3.20. The van der Waals surface area contributed by atoms with Gasteiger partial charge in [0.15, 0.2) is 0 Å². The number of hydrogen-bond acceptors (Lipinski definition) is 6. The molecule has 1 amide bonds. The molecule has 0 unspecified atom stereocenters. The van der Waals surface area contributed by atoms with Crippen LogP contribution in [0.5, 0.6) is 11.5 Å². The molecule has 3 rings (SSSR count). The zero-order chi connectivity index (χ0) is 18.5. The second-order valence-corrected chi connectivity index (χ2v) is 6.37. The zero-order valence-electron chi connectivity index (χ0n) is 14.8. The smallest absolute Gasteiger partial charge is 0.258 e. The van der Waals surface area contributed by atoms with Crippen molar-refractivity contribution < 1.29 is 14.3 Å². The number of benzene rings is 1. The van der Waals surface area contributed by atoms with Crippen LogP contribution in [0.25, 0.3) is 0 Å². The number of rotatable bonds is 5. The van der Waals surface area contributed by atoms with Crippen LogP contribution in [0.3, 0.4) is 0 Å². The first-order valence-corrected chi connectivity index (χ1v) is 8.80. The number of halogens is 1. The van der Waals surface area contributed by atoms with Gasteiger partial charge in [-0.25, -0.2) is 9.97 Å². The molecule has 1 aromatic carbocycles. The minimum atomic E-state index is -0.335. The Morgan fingerprint density at radius 2 is 1.73 bits per heavy atom. The Hall–Kier alpha value is -2.54. The predicted octanol–water partition coefficient (Wildman–Crippen LogP) is 3.39. The predicted molar refractivity (Wildman–Crippen MR) is 101 cm³/mol. The van der Waals surface area contributed by atoms with Crippen LogP contribution in [0.15, 0.2) is 24.5 Å². The highest BCUT2D eigenvalue weighted by Gasteiger charge is 2.16. The Balaban J connectivity index is 1.75. The molecule has 1 aliphatic rings. The number of nitrogens with one attached hydrogen (secondary N) is 1. The van der Waals surface area contributed by atoms with Crippen LogP contribution in [0.4, 0.5) is 11.6 Å². The number of methoxy groups -OCH3 is 2. The maximum atomic E-state index is 12.5. The van der Waals surface area contributed by atoms with E-state index in [0.29, 0.717) is 33.7 Å². The summed E-state index contributed by atoms with van der Waals surface area (Å²) in [5.74, 6) is 1.21. The van der Waals surface area contributed by atoms with E-state index in [1.54, 1.807) is 12.1 Å². The Kier molecular flexibility index (Phi) is 5.78. The summed E-state index contributed by atoms with van der Waals surface area (Å²) >= 11 is 6.08. The van der Waals surface area contributed by atoms with Gasteiger partial charge in [0.05, 0.1) is 30.5 Å². The van der Waals surface area contributed by atoms with Gasteiger partial charge in [0.2, 0.25) is 5.95 Å². The van der Waals surface area contributed by atoms with Gasteiger partial charge in [-0.3, -0.25) is 4.79 Å². The van der Waals surface area contributed by atoms with Crippen LogP contribution in [-0.4, -0.2) is 43.2 Å². The number of piperidine rings is 1. The van der Waals surface area contributed by atoms with Crippen molar-refractivity contribution in [3.8, 4) is 11.5 Å². The van der Waals surface area contributed by atoms with Gasteiger partial charge in [-0.15, -0.1) is 0 Å². The van der Waals surface area contributed by atoms with E-state index in [1.807, 2.05) is 0 Å². The van der Waals surface area contributed by atoms with Gasteiger partial charge in [0.25, 0.3) is 5.91 Å². The van der Waals surface area contributed by atoms with E-state index in [4.69, 9.17) is 21.1 Å². The lowest BCUT2D eigenvalue weighted by molar-refractivity contribution is 0.102. The lowest BCUT2D eigenvalue weighted by atomic mass is 10.1. The Labute approximate surface area is 157 Å². The normalized spacial score (nSPS) is 14.0. The van der Waals surface area contributed by atoms with Crippen LogP contribution < -0.4 is 19.7 Å². The summed E-state index contributed by atoms with van der Waals surface area (Å²) in [6.45, 7) is 1.90. The second-order valence-electron chi connectivity index (χ2n) is 5.96. The maximum absolute atomic E-state index is 12.5. The Morgan fingerprint density at radius 1 is 1.08 bits per heavy atom. The van der Waals surface area contributed by atoms with Crippen LogP contribution in [0.1, 0.15) is 29.6 Å². The van der Waals surface area contributed by atoms with Crippen LogP contribution in [-0.2, 0) is 0 Å². The largest absolute Gasteiger partial charge is 0.495 e. The molecule has 0 bridgehead atoms. The Bertz CT molecular complexity index is 777. The summed E-state index contributed by atoms with van der Waals surface area (Å²) in [5, 5.41) is 3.18. The molecule has 1 aliphatic heterocycles. The van der Waals surface area contributed by atoms with Crippen LogP contribution in [0, 0.1) is 0 Å². The number of anilines is 2. The number of carbonyl (C=O) groups is 1. The quantitative estimate of drug-likeness (QED) is 0.861. The molecule has 0 spiro atoms. The van der Waals surface area contributed by atoms with Crippen LogP contribution in [0.2, 0.25) is 5.02 Å². The highest BCUT2D eigenvalue weighted by atomic mass is 35.5. The molecule has 0 radical (unpaired) electrons. The van der Waals surface area contributed by atoms with Gasteiger partial charge < -0.3 is 19.7 Å². The average Bonchev–Trinajstić information content (AvgIpc) is 2.69. The molecule has 2 aromatic rings. The van der Waals surface area contributed by atoms with E-state index in [-0.39, 0.29) is 5.91 Å². The second kappa shape index (κ2) is 8.23. The fourth-order valence-corrected chi connectivity index (χ4v) is 3.08. The van der Waals surface area contributed by atoms with Crippen molar-refractivity contribution >= 4 is 29.1 Å². The van der Waals surface area contributed by atoms with Gasteiger partial charge >= 0.3 is 0 Å². The third kappa shape index (κ3) is 3.99. The molecule has 26 heavy (non-hydrogen) atoms. The highest BCUT2D eigenvalue weighted by molar-refractivity contribution is 6.32. The molecule has 2 heterocycles. The highest BCUT2D eigenvalue weighted by Crippen LogP contribution is 2.36. The third-order valence-electron chi connectivity index (χ3n) is 4.26. The SMILES string of the molecule is COc1cc(NC(=O)c2cnc(N3CCCCC3)nc2)c(OC)cc1Cl. The molecule has 1 aromatic heterocycles. The number of carbonyl (C=O) groups excluding carboxylic acids is 1. The number of nitrogens with zero attached hydrogens (tertiary/aromatic N) is 3. The molecule has 0 atom stereocenters. The van der Waals surface area contributed by atoms with E-state index in [1.165, 1.54) is 33.0 Å². The summed E-state index contributed by atoms with van der Waals surface area (Å²) in [6.07, 6.45) is 6.59. The molecular formula is C18H21ClN4O3. The zero-order valence-corrected chi connectivity index (χ0v) is 15.5. The van der Waals surface area contributed by atoms with E-state index in [0.717, 1.165) is 25.9 Å². The van der Waals surface area contributed by atoms with Gasteiger partial charge in [0.1, 0.15) is 11.5 Å². The average molecular weight is 377 g/mol. The van der Waals surface area contributed by atoms with Crippen molar-refractivity contribution in [1.29, 1.82) is 0 Å². The maximum Gasteiger partial charge on any atom is 0.258 e. The molecule has 1 saturated heterocycles. The minimum Gasteiger partial charge on any atom is -0.495 e. The lowest BCUT2D eigenvalue weighted by Gasteiger charge is -2.26. The fourth-order valence-electron chi connectivity index (χ4n) is 2.85. The molecule has 0 aliphatic carbocycles. The van der Waals surface area contributed by atoms with Gasteiger partial charge in [0, 0.05) is 37.6 Å². The van der Waals surface area contributed by atoms with Crippen molar-refractivity contribution in [2.24, 2.45) is 0 Å². The van der Waals surface area contributed by atoms with E-state index >= 15 is 0 Å². The van der Waals surface area contributed by atoms with E-state index < -0.39 is 0 Å². The van der Waals surface area contributed by atoms with Crippen molar-refractivity contribution in [3.05, 3.63) is 35.1 Å². The summed E-state index contributed by atoms with van der Waals surface area (Å²) in [7, 11) is 3.01. The molecule has 7 nitrogen and oxygen atoms in total. The van der Waals surface area contributed by atoms with Crippen molar-refractivity contribution in [1.82, 2.24) is 9.97 Å². The first-order chi connectivity index (χ1) is 12.6. The number of hydrogen-bond donors (Lipinski definition) is 1. The lowest BCUT2D eigenvalue weighted by Crippen LogP contribution is -2.31. The summed E-state index contributed by atoms with van der Waals surface area (Å²) < 4.78 is 10.5. The van der Waals surface area contributed by atoms with Crippen molar-refractivity contribution in [2.45, 2.75) is 19.3 Å². The minimum absolute atomic E-state index is 0.335. The molecular weight excluding hydrogens is 356 g/mol. The summed E-state index contributed by atoms with van der Waals surface area (Å²) in [5.41, 5.74) is 0.820. The fraction of sp³-hybridized carbons (Fsp3) is 0.389. The van der Waals surface area contributed by atoms with E-state index in [2.05, 4.69) is 20.2 Å². The number of aromatic nitrogens is 2. The first kappa shape index (κ1) is 18.3. The molecule has 1 N–H and O–H groups in total. The van der Waals surface area contributed by atoms with E-state index in [9.17, 15) is 4.79 Å². The number of ether oxygens (including phenoxy) is 2. The monoisotopic (exact) mass is 376 g/mol. The number of amides is 1. The topological polar surface area (TPSA) is 76.6 Å². The molecule has 8 heteroatoms. The third-order valence-corrected chi connectivity index (χ3v) is 4.56. The first-order valence-electron chi connectivity index (χ1n) is 8.42.